The number of nitrogens with zero attached hydrogens (tertiary/aromatic N) is 4. The number of hydrogen-bond donors (Lipinski definition) is 2. The molecule has 8 heteroatoms. The van der Waals surface area contributed by atoms with E-state index < -0.39 is 0 Å². The van der Waals surface area contributed by atoms with Crippen LogP contribution in [0.15, 0.2) is 4.99 Å². The number of piperazine rings is 1. The van der Waals surface area contributed by atoms with Gasteiger partial charge in [0.15, 0.2) is 5.96 Å². The van der Waals surface area contributed by atoms with Gasteiger partial charge in [0.1, 0.15) is 0 Å². The first-order valence-electron chi connectivity index (χ1n) is 10.7. The molecule has 0 aromatic rings. The fourth-order valence-electron chi connectivity index (χ4n) is 4.61. The molecule has 2 N–H and O–H groups in total. The lowest BCUT2D eigenvalue weighted by molar-refractivity contribution is -0.135. The highest BCUT2D eigenvalue weighted by Crippen LogP contribution is 2.26. The average Bonchev–Trinajstić information content (AvgIpc) is 3.16. The van der Waals surface area contributed by atoms with Gasteiger partial charge in [0.05, 0.1) is 0 Å². The van der Waals surface area contributed by atoms with Crippen LogP contribution in [-0.2, 0) is 4.79 Å². The van der Waals surface area contributed by atoms with Crippen LogP contribution in [0.1, 0.15) is 38.5 Å². The highest BCUT2D eigenvalue weighted by atomic mass is 127. The SMILES string of the molecule is CN=C(NCC1CN(C)CCN1C)NC1CCN(C(=O)C2CCCCC2)C1.I. The molecule has 3 aliphatic rings. The van der Waals surface area contributed by atoms with E-state index in [4.69, 9.17) is 0 Å². The Morgan fingerprint density at radius 1 is 1.04 bits per heavy atom. The topological polar surface area (TPSA) is 63.2 Å². The number of rotatable bonds is 4. The van der Waals surface area contributed by atoms with Crippen LogP contribution in [0.2, 0.25) is 0 Å². The molecule has 3 fully saturated rings. The van der Waals surface area contributed by atoms with Crippen molar-refractivity contribution in [3.8, 4) is 0 Å². The van der Waals surface area contributed by atoms with Crippen LogP contribution in [0.25, 0.3) is 0 Å². The third-order valence-electron chi connectivity index (χ3n) is 6.50. The van der Waals surface area contributed by atoms with E-state index in [9.17, 15) is 4.79 Å². The molecule has 1 amide bonds. The number of hydrogen-bond acceptors (Lipinski definition) is 4. The van der Waals surface area contributed by atoms with Crippen molar-refractivity contribution in [2.24, 2.45) is 10.9 Å². The maximum atomic E-state index is 12.7. The molecule has 0 aromatic carbocycles. The van der Waals surface area contributed by atoms with E-state index in [1.165, 1.54) is 19.3 Å². The smallest absolute Gasteiger partial charge is 0.225 e. The second kappa shape index (κ2) is 11.5. The van der Waals surface area contributed by atoms with Crippen molar-refractivity contribution in [1.82, 2.24) is 25.3 Å². The van der Waals surface area contributed by atoms with Gasteiger partial charge in [-0.05, 0) is 33.4 Å². The lowest BCUT2D eigenvalue weighted by Crippen LogP contribution is -2.56. The number of nitrogens with one attached hydrogen (secondary N) is 2. The lowest BCUT2D eigenvalue weighted by atomic mass is 9.88. The number of likely N-dealkylation sites (tertiary alicyclic amines) is 1. The molecule has 2 saturated heterocycles. The van der Waals surface area contributed by atoms with E-state index in [0.717, 1.165) is 64.5 Å². The summed E-state index contributed by atoms with van der Waals surface area (Å²) in [7, 11) is 6.21. The number of aliphatic imine (C=N–C) groups is 1. The van der Waals surface area contributed by atoms with E-state index in [1.54, 1.807) is 0 Å². The molecule has 2 unspecified atom stereocenters. The van der Waals surface area contributed by atoms with Crippen LogP contribution in [0.4, 0.5) is 0 Å². The molecule has 7 nitrogen and oxygen atoms in total. The molecular formula is C20H39IN6O. The molecule has 2 atom stereocenters. The standard InChI is InChI=1S/C20H38N6O.HI/c1-21-20(22-13-18-15-24(2)11-12-25(18)3)23-17-9-10-26(14-17)19(27)16-7-5-4-6-8-16;/h16-18H,4-15H2,1-3H3,(H2,21,22,23);1H. The van der Waals surface area contributed by atoms with Crippen molar-refractivity contribution in [3.63, 3.8) is 0 Å². The van der Waals surface area contributed by atoms with Crippen LogP contribution in [-0.4, -0.2) is 99.1 Å². The molecule has 2 aliphatic heterocycles. The lowest BCUT2D eigenvalue weighted by Gasteiger charge is -2.38. The largest absolute Gasteiger partial charge is 0.355 e. The maximum absolute atomic E-state index is 12.7. The Morgan fingerprint density at radius 3 is 2.50 bits per heavy atom. The second-order valence-corrected chi connectivity index (χ2v) is 8.60. The minimum absolute atomic E-state index is 0. The van der Waals surface area contributed by atoms with Gasteiger partial charge < -0.3 is 20.4 Å². The summed E-state index contributed by atoms with van der Waals surface area (Å²) >= 11 is 0. The second-order valence-electron chi connectivity index (χ2n) is 8.60. The number of amides is 1. The summed E-state index contributed by atoms with van der Waals surface area (Å²) in [5.41, 5.74) is 0. The van der Waals surface area contributed by atoms with Gasteiger partial charge in [-0.25, -0.2) is 0 Å². The minimum Gasteiger partial charge on any atom is -0.355 e. The normalized spacial score (nSPS) is 28.1. The maximum Gasteiger partial charge on any atom is 0.225 e. The van der Waals surface area contributed by atoms with E-state index in [2.05, 4.69) is 44.4 Å². The first kappa shape index (κ1) is 23.7. The third kappa shape index (κ3) is 6.45. The molecule has 28 heavy (non-hydrogen) atoms. The predicted molar refractivity (Wildman–Crippen MR) is 125 cm³/mol. The van der Waals surface area contributed by atoms with Crippen LogP contribution >= 0.6 is 24.0 Å². The van der Waals surface area contributed by atoms with Crippen molar-refractivity contribution < 1.29 is 4.79 Å². The summed E-state index contributed by atoms with van der Waals surface area (Å²) in [6.45, 7) is 5.89. The van der Waals surface area contributed by atoms with Crippen LogP contribution in [0, 0.1) is 5.92 Å². The molecule has 2 heterocycles. The quantitative estimate of drug-likeness (QED) is 0.341. The summed E-state index contributed by atoms with van der Waals surface area (Å²) in [6, 6.07) is 0.797. The van der Waals surface area contributed by atoms with E-state index in [-0.39, 0.29) is 29.9 Å². The van der Waals surface area contributed by atoms with Crippen molar-refractivity contribution in [2.75, 3.05) is 60.4 Å². The fraction of sp³-hybridized carbons (Fsp3) is 0.900. The minimum atomic E-state index is 0. The summed E-state index contributed by atoms with van der Waals surface area (Å²) in [4.78, 5) is 24.0. The average molecular weight is 506 g/mol. The molecule has 1 aliphatic carbocycles. The van der Waals surface area contributed by atoms with E-state index in [0.29, 0.717) is 18.0 Å². The molecule has 0 bridgehead atoms. The number of carbonyl (C=O) groups is 1. The van der Waals surface area contributed by atoms with Gasteiger partial charge in [-0.1, -0.05) is 19.3 Å². The van der Waals surface area contributed by atoms with E-state index in [1.807, 2.05) is 7.05 Å². The molecule has 3 rings (SSSR count). The van der Waals surface area contributed by atoms with Gasteiger partial charge in [0.25, 0.3) is 0 Å². The van der Waals surface area contributed by atoms with Gasteiger partial charge >= 0.3 is 0 Å². The summed E-state index contributed by atoms with van der Waals surface area (Å²) in [6.07, 6.45) is 6.90. The monoisotopic (exact) mass is 506 g/mol. The first-order chi connectivity index (χ1) is 13.1. The van der Waals surface area contributed by atoms with Crippen LogP contribution in [0.3, 0.4) is 0 Å². The molecule has 0 radical (unpaired) electrons. The Labute approximate surface area is 187 Å². The fourth-order valence-corrected chi connectivity index (χ4v) is 4.61. The summed E-state index contributed by atoms with van der Waals surface area (Å²) < 4.78 is 0. The Bertz CT molecular complexity index is 525. The summed E-state index contributed by atoms with van der Waals surface area (Å²) in [5.74, 6) is 1.51. The van der Waals surface area contributed by atoms with Gasteiger partial charge in [0.2, 0.25) is 5.91 Å². The molecule has 1 saturated carbocycles. The third-order valence-corrected chi connectivity index (χ3v) is 6.50. The first-order valence-corrected chi connectivity index (χ1v) is 10.7. The zero-order valence-electron chi connectivity index (χ0n) is 17.8. The number of guanidine groups is 1. The van der Waals surface area contributed by atoms with Gasteiger partial charge in [0, 0.05) is 64.3 Å². The molecule has 0 spiro atoms. The van der Waals surface area contributed by atoms with Gasteiger partial charge in [-0.15, -0.1) is 24.0 Å². The Kier molecular flexibility index (Phi) is 9.76. The molecule has 0 aromatic heterocycles. The molecule has 162 valence electrons. The van der Waals surface area contributed by atoms with E-state index >= 15 is 0 Å². The predicted octanol–water partition coefficient (Wildman–Crippen LogP) is 1.20. The molecular weight excluding hydrogens is 467 g/mol. The van der Waals surface area contributed by atoms with Crippen molar-refractivity contribution in [3.05, 3.63) is 0 Å². The van der Waals surface area contributed by atoms with Crippen LogP contribution in [0.5, 0.6) is 0 Å². The Hall–Kier alpha value is -0.610. The highest BCUT2D eigenvalue weighted by Gasteiger charge is 2.32. The van der Waals surface area contributed by atoms with Gasteiger partial charge in [-0.2, -0.15) is 0 Å². The number of likely N-dealkylation sites (N-methyl/N-ethyl adjacent to an activating group) is 2. The Morgan fingerprint density at radius 2 is 1.79 bits per heavy atom. The van der Waals surface area contributed by atoms with Crippen molar-refractivity contribution in [2.45, 2.75) is 50.6 Å². The van der Waals surface area contributed by atoms with Crippen molar-refractivity contribution >= 4 is 35.8 Å². The summed E-state index contributed by atoms with van der Waals surface area (Å²) in [5, 5.41) is 7.02. The van der Waals surface area contributed by atoms with Crippen molar-refractivity contribution in [1.29, 1.82) is 0 Å². The number of carbonyl (C=O) groups excluding carboxylic acids is 1. The zero-order chi connectivity index (χ0) is 19.2. The van der Waals surface area contributed by atoms with Gasteiger partial charge in [-0.3, -0.25) is 14.7 Å². The Balaban J connectivity index is 0.00000280. The zero-order valence-corrected chi connectivity index (χ0v) is 20.2. The van der Waals surface area contributed by atoms with Crippen LogP contribution < -0.4 is 10.6 Å². The number of halogens is 1. The highest BCUT2D eigenvalue weighted by molar-refractivity contribution is 14.0.